The standard InChI is InChI=1S/C16H15ClN6O/c17-13-9-14(19-10-18-13)22-5-7-23(8-6-22)16(24)15-11-3-1-2-4-12(11)20-21-15/h1-4,9-10H,5-8H2,(H,20,21). The maximum atomic E-state index is 12.8. The van der Waals surface area contributed by atoms with Crippen LogP contribution in [0.25, 0.3) is 10.9 Å². The van der Waals surface area contributed by atoms with Gasteiger partial charge in [0.25, 0.3) is 5.91 Å². The first-order valence-electron chi connectivity index (χ1n) is 7.67. The lowest BCUT2D eigenvalue weighted by Gasteiger charge is -2.35. The number of H-pyrrole nitrogens is 1. The lowest BCUT2D eigenvalue weighted by Crippen LogP contribution is -2.49. The summed E-state index contributed by atoms with van der Waals surface area (Å²) in [5, 5.41) is 8.37. The fraction of sp³-hybridized carbons (Fsp3) is 0.250. The number of benzene rings is 1. The van der Waals surface area contributed by atoms with Crippen LogP contribution in [0.15, 0.2) is 36.7 Å². The molecular weight excluding hydrogens is 328 g/mol. The molecule has 4 rings (SSSR count). The lowest BCUT2D eigenvalue weighted by atomic mass is 10.2. The smallest absolute Gasteiger partial charge is 0.275 e. The highest BCUT2D eigenvalue weighted by atomic mass is 35.5. The minimum atomic E-state index is -0.0483. The van der Waals surface area contributed by atoms with Crippen molar-refractivity contribution >= 4 is 34.2 Å². The third-order valence-electron chi connectivity index (χ3n) is 4.18. The molecule has 1 aliphatic rings. The number of nitrogens with one attached hydrogen (secondary N) is 1. The number of carbonyl (C=O) groups is 1. The maximum absolute atomic E-state index is 12.8. The Kier molecular flexibility index (Phi) is 3.78. The molecule has 0 unspecified atom stereocenters. The van der Waals surface area contributed by atoms with Crippen LogP contribution in [0.1, 0.15) is 10.5 Å². The molecule has 1 amide bonds. The van der Waals surface area contributed by atoms with Crippen LogP contribution in [-0.4, -0.2) is 57.2 Å². The Labute approximate surface area is 143 Å². The van der Waals surface area contributed by atoms with Gasteiger partial charge in [0.05, 0.1) is 5.52 Å². The number of carbonyl (C=O) groups excluding carboxylic acids is 1. The number of anilines is 1. The highest BCUT2D eigenvalue weighted by molar-refractivity contribution is 6.29. The number of rotatable bonds is 2. The van der Waals surface area contributed by atoms with E-state index in [0.29, 0.717) is 37.0 Å². The number of aromatic nitrogens is 4. The largest absolute Gasteiger partial charge is 0.353 e. The number of aromatic amines is 1. The SMILES string of the molecule is O=C(c1n[nH]c2ccccc12)N1CCN(c2cc(Cl)ncn2)CC1. The summed E-state index contributed by atoms with van der Waals surface area (Å²) in [4.78, 5) is 24.8. The molecule has 3 aromatic rings. The number of nitrogens with zero attached hydrogens (tertiary/aromatic N) is 5. The molecule has 0 bridgehead atoms. The molecule has 1 aromatic carbocycles. The molecule has 0 saturated carbocycles. The Hall–Kier alpha value is -2.67. The van der Waals surface area contributed by atoms with Crippen molar-refractivity contribution in [3.8, 4) is 0 Å². The van der Waals surface area contributed by atoms with E-state index >= 15 is 0 Å². The van der Waals surface area contributed by atoms with Gasteiger partial charge in [-0.05, 0) is 6.07 Å². The third kappa shape index (κ3) is 2.67. The van der Waals surface area contributed by atoms with Gasteiger partial charge < -0.3 is 9.80 Å². The normalized spacial score (nSPS) is 15.0. The van der Waals surface area contributed by atoms with Gasteiger partial charge in [-0.2, -0.15) is 5.10 Å². The Morgan fingerprint density at radius 2 is 1.92 bits per heavy atom. The minimum Gasteiger partial charge on any atom is -0.353 e. The molecule has 122 valence electrons. The molecule has 8 heteroatoms. The number of piperazine rings is 1. The van der Waals surface area contributed by atoms with Crippen molar-refractivity contribution in [2.75, 3.05) is 31.1 Å². The third-order valence-corrected chi connectivity index (χ3v) is 4.39. The summed E-state index contributed by atoms with van der Waals surface area (Å²) in [6.07, 6.45) is 1.45. The first-order valence-corrected chi connectivity index (χ1v) is 8.05. The number of halogens is 1. The predicted octanol–water partition coefficient (Wildman–Crippen LogP) is 1.97. The van der Waals surface area contributed by atoms with E-state index < -0.39 is 0 Å². The Morgan fingerprint density at radius 1 is 1.12 bits per heavy atom. The first kappa shape index (κ1) is 14.9. The molecule has 7 nitrogen and oxygen atoms in total. The molecule has 2 aromatic heterocycles. The molecule has 0 radical (unpaired) electrons. The number of fused-ring (bicyclic) bond motifs is 1. The highest BCUT2D eigenvalue weighted by Crippen LogP contribution is 2.20. The van der Waals surface area contributed by atoms with Crippen molar-refractivity contribution in [3.05, 3.63) is 47.5 Å². The first-order chi connectivity index (χ1) is 11.7. The van der Waals surface area contributed by atoms with Gasteiger partial charge in [0.2, 0.25) is 0 Å². The topological polar surface area (TPSA) is 78.0 Å². The lowest BCUT2D eigenvalue weighted by molar-refractivity contribution is 0.0742. The summed E-state index contributed by atoms with van der Waals surface area (Å²) < 4.78 is 0. The van der Waals surface area contributed by atoms with Gasteiger partial charge in [-0.25, -0.2) is 9.97 Å². The maximum Gasteiger partial charge on any atom is 0.275 e. The van der Waals surface area contributed by atoms with Gasteiger partial charge in [-0.15, -0.1) is 0 Å². The van der Waals surface area contributed by atoms with Crippen molar-refractivity contribution in [3.63, 3.8) is 0 Å². The van der Waals surface area contributed by atoms with Gasteiger partial charge in [0.15, 0.2) is 5.69 Å². The predicted molar refractivity (Wildman–Crippen MR) is 91.3 cm³/mol. The summed E-state index contributed by atoms with van der Waals surface area (Å²) in [7, 11) is 0. The monoisotopic (exact) mass is 342 g/mol. The average molecular weight is 343 g/mol. The molecule has 0 spiro atoms. The highest BCUT2D eigenvalue weighted by Gasteiger charge is 2.25. The van der Waals surface area contributed by atoms with Crippen LogP contribution in [0.2, 0.25) is 5.15 Å². The van der Waals surface area contributed by atoms with E-state index in [4.69, 9.17) is 11.6 Å². The Morgan fingerprint density at radius 3 is 2.71 bits per heavy atom. The van der Waals surface area contributed by atoms with Crippen LogP contribution in [0.5, 0.6) is 0 Å². The van der Waals surface area contributed by atoms with E-state index in [1.807, 2.05) is 29.2 Å². The van der Waals surface area contributed by atoms with Crippen LogP contribution < -0.4 is 4.90 Å². The fourth-order valence-corrected chi connectivity index (χ4v) is 3.05. The number of hydrogen-bond acceptors (Lipinski definition) is 5. The van der Waals surface area contributed by atoms with Gasteiger partial charge in [0.1, 0.15) is 17.3 Å². The molecule has 0 atom stereocenters. The fourth-order valence-electron chi connectivity index (χ4n) is 2.91. The van der Waals surface area contributed by atoms with Crippen LogP contribution in [0.3, 0.4) is 0 Å². The van der Waals surface area contributed by atoms with Crippen molar-refractivity contribution < 1.29 is 4.79 Å². The summed E-state index contributed by atoms with van der Waals surface area (Å²) >= 11 is 5.91. The van der Waals surface area contributed by atoms with Crippen molar-refractivity contribution in [2.24, 2.45) is 0 Å². The summed E-state index contributed by atoms with van der Waals surface area (Å²) in [5.41, 5.74) is 1.35. The van der Waals surface area contributed by atoms with Crippen LogP contribution in [-0.2, 0) is 0 Å². The Bertz CT molecular complexity index is 887. The van der Waals surface area contributed by atoms with Crippen molar-refractivity contribution in [2.45, 2.75) is 0 Å². The number of para-hydroxylation sites is 1. The van der Waals surface area contributed by atoms with Gasteiger partial charge in [0, 0.05) is 37.6 Å². The second-order valence-corrected chi connectivity index (χ2v) is 5.98. The zero-order valence-electron chi connectivity index (χ0n) is 12.8. The zero-order valence-corrected chi connectivity index (χ0v) is 13.6. The van der Waals surface area contributed by atoms with Crippen LogP contribution in [0, 0.1) is 0 Å². The van der Waals surface area contributed by atoms with Crippen molar-refractivity contribution in [1.29, 1.82) is 0 Å². The van der Waals surface area contributed by atoms with Gasteiger partial charge in [-0.3, -0.25) is 9.89 Å². The quantitative estimate of drug-likeness (QED) is 0.720. The molecule has 1 N–H and O–H groups in total. The molecule has 1 fully saturated rings. The molecule has 0 aliphatic carbocycles. The second-order valence-electron chi connectivity index (χ2n) is 5.60. The van der Waals surface area contributed by atoms with E-state index in [0.717, 1.165) is 16.7 Å². The summed E-state index contributed by atoms with van der Waals surface area (Å²) in [6.45, 7) is 2.62. The molecular formula is C16H15ClN6O. The van der Waals surface area contributed by atoms with Gasteiger partial charge in [-0.1, -0.05) is 29.8 Å². The van der Waals surface area contributed by atoms with E-state index in [-0.39, 0.29) is 5.91 Å². The zero-order chi connectivity index (χ0) is 16.5. The molecule has 1 saturated heterocycles. The van der Waals surface area contributed by atoms with E-state index in [1.165, 1.54) is 6.33 Å². The second kappa shape index (κ2) is 6.09. The molecule has 24 heavy (non-hydrogen) atoms. The summed E-state index contributed by atoms with van der Waals surface area (Å²) in [5.74, 6) is 0.736. The number of amides is 1. The molecule has 3 heterocycles. The van der Waals surface area contributed by atoms with E-state index in [9.17, 15) is 4.79 Å². The van der Waals surface area contributed by atoms with E-state index in [1.54, 1.807) is 6.07 Å². The van der Waals surface area contributed by atoms with Crippen molar-refractivity contribution in [1.82, 2.24) is 25.1 Å². The van der Waals surface area contributed by atoms with E-state index in [2.05, 4.69) is 25.1 Å². The minimum absolute atomic E-state index is 0.0483. The molecule has 1 aliphatic heterocycles. The van der Waals surface area contributed by atoms with Crippen LogP contribution >= 0.6 is 11.6 Å². The van der Waals surface area contributed by atoms with Crippen LogP contribution in [0.4, 0.5) is 5.82 Å². The summed E-state index contributed by atoms with van der Waals surface area (Å²) in [6, 6.07) is 9.38. The Balaban J connectivity index is 1.48. The van der Waals surface area contributed by atoms with Gasteiger partial charge >= 0.3 is 0 Å². The number of hydrogen-bond donors (Lipinski definition) is 1. The average Bonchev–Trinajstić information content (AvgIpc) is 3.05.